The van der Waals surface area contributed by atoms with Crippen molar-refractivity contribution in [1.29, 1.82) is 0 Å². The van der Waals surface area contributed by atoms with Crippen LogP contribution in [0.5, 0.6) is 11.5 Å². The average molecular weight is 283 g/mol. The van der Waals surface area contributed by atoms with Gasteiger partial charge in [-0.3, -0.25) is 0 Å². The SMILES string of the molecule is Nc1cnc(Nc2ccccc2Oc2ccccc2)s1. The number of ether oxygens (including phenoxy) is 1. The van der Waals surface area contributed by atoms with Crippen molar-refractivity contribution in [1.82, 2.24) is 4.98 Å². The minimum absolute atomic E-state index is 0.675. The molecule has 0 aliphatic rings. The Labute approximate surface area is 120 Å². The van der Waals surface area contributed by atoms with E-state index >= 15 is 0 Å². The Balaban J connectivity index is 1.84. The summed E-state index contributed by atoms with van der Waals surface area (Å²) in [5.41, 5.74) is 6.53. The summed E-state index contributed by atoms with van der Waals surface area (Å²) in [5, 5.41) is 4.63. The van der Waals surface area contributed by atoms with E-state index in [4.69, 9.17) is 10.5 Å². The number of benzene rings is 2. The van der Waals surface area contributed by atoms with Gasteiger partial charge in [0.05, 0.1) is 11.9 Å². The Morgan fingerprint density at radius 1 is 1.00 bits per heavy atom. The van der Waals surface area contributed by atoms with Gasteiger partial charge in [0.15, 0.2) is 10.9 Å². The van der Waals surface area contributed by atoms with Crippen LogP contribution in [-0.4, -0.2) is 4.98 Å². The number of anilines is 3. The van der Waals surface area contributed by atoms with Crippen LogP contribution in [0.3, 0.4) is 0 Å². The van der Waals surface area contributed by atoms with E-state index in [9.17, 15) is 0 Å². The van der Waals surface area contributed by atoms with E-state index in [2.05, 4.69) is 10.3 Å². The minimum Gasteiger partial charge on any atom is -0.455 e. The third-order valence-corrected chi connectivity index (χ3v) is 3.37. The lowest BCUT2D eigenvalue weighted by atomic mass is 10.3. The van der Waals surface area contributed by atoms with Crippen molar-refractivity contribution in [2.45, 2.75) is 0 Å². The van der Waals surface area contributed by atoms with E-state index in [1.807, 2.05) is 54.6 Å². The zero-order valence-corrected chi connectivity index (χ0v) is 11.4. The second-order valence-electron chi connectivity index (χ2n) is 4.10. The van der Waals surface area contributed by atoms with Gasteiger partial charge in [0.2, 0.25) is 0 Å². The highest BCUT2D eigenvalue weighted by Crippen LogP contribution is 2.32. The van der Waals surface area contributed by atoms with Gasteiger partial charge < -0.3 is 15.8 Å². The Bertz CT molecular complexity index is 697. The molecule has 20 heavy (non-hydrogen) atoms. The van der Waals surface area contributed by atoms with Crippen LogP contribution in [0.4, 0.5) is 15.8 Å². The first-order chi connectivity index (χ1) is 9.81. The zero-order chi connectivity index (χ0) is 13.8. The molecule has 3 aromatic rings. The van der Waals surface area contributed by atoms with Crippen LogP contribution in [0.2, 0.25) is 0 Å². The second kappa shape index (κ2) is 5.63. The van der Waals surface area contributed by atoms with Crippen molar-refractivity contribution in [3.8, 4) is 11.5 Å². The maximum Gasteiger partial charge on any atom is 0.189 e. The van der Waals surface area contributed by atoms with Gasteiger partial charge in [0.1, 0.15) is 10.8 Å². The third kappa shape index (κ3) is 2.89. The number of para-hydroxylation sites is 3. The molecule has 0 bridgehead atoms. The zero-order valence-electron chi connectivity index (χ0n) is 10.6. The van der Waals surface area contributed by atoms with E-state index in [1.165, 1.54) is 11.3 Å². The molecular weight excluding hydrogens is 270 g/mol. The number of nitrogens with zero attached hydrogens (tertiary/aromatic N) is 1. The third-order valence-electron chi connectivity index (χ3n) is 2.62. The summed E-state index contributed by atoms with van der Waals surface area (Å²) in [5.74, 6) is 1.54. The fraction of sp³-hybridized carbons (Fsp3) is 0. The summed E-state index contributed by atoms with van der Waals surface area (Å²) in [6.45, 7) is 0. The average Bonchev–Trinajstić information content (AvgIpc) is 2.88. The summed E-state index contributed by atoms with van der Waals surface area (Å²) in [4.78, 5) is 4.19. The number of nitrogens with two attached hydrogens (primary N) is 1. The molecule has 0 amide bonds. The van der Waals surface area contributed by atoms with Crippen LogP contribution < -0.4 is 15.8 Å². The molecule has 0 saturated heterocycles. The monoisotopic (exact) mass is 283 g/mol. The summed E-state index contributed by atoms with van der Waals surface area (Å²) in [7, 11) is 0. The first kappa shape index (κ1) is 12.5. The van der Waals surface area contributed by atoms with Crippen LogP contribution in [0, 0.1) is 0 Å². The van der Waals surface area contributed by atoms with Crippen molar-refractivity contribution >= 4 is 27.2 Å². The van der Waals surface area contributed by atoms with Crippen LogP contribution in [0.25, 0.3) is 0 Å². The molecular formula is C15H13N3OS. The largest absolute Gasteiger partial charge is 0.455 e. The van der Waals surface area contributed by atoms with E-state index < -0.39 is 0 Å². The molecule has 0 fully saturated rings. The number of thiazole rings is 1. The van der Waals surface area contributed by atoms with Crippen molar-refractivity contribution < 1.29 is 4.74 Å². The Hall–Kier alpha value is -2.53. The molecule has 1 heterocycles. The predicted octanol–water partition coefficient (Wildman–Crippen LogP) is 4.26. The fourth-order valence-corrected chi connectivity index (χ4v) is 2.33. The molecule has 0 saturated carbocycles. The highest BCUT2D eigenvalue weighted by Gasteiger charge is 2.06. The highest BCUT2D eigenvalue weighted by molar-refractivity contribution is 7.19. The number of hydrogen-bond acceptors (Lipinski definition) is 5. The molecule has 3 N–H and O–H groups in total. The van der Waals surface area contributed by atoms with Gasteiger partial charge >= 0.3 is 0 Å². The van der Waals surface area contributed by atoms with Crippen molar-refractivity contribution in [2.24, 2.45) is 0 Å². The highest BCUT2D eigenvalue weighted by atomic mass is 32.1. The normalized spacial score (nSPS) is 10.2. The number of hydrogen-bond donors (Lipinski definition) is 2. The summed E-state index contributed by atoms with van der Waals surface area (Å²) in [6.07, 6.45) is 1.63. The Kier molecular flexibility index (Phi) is 3.52. The smallest absolute Gasteiger partial charge is 0.189 e. The summed E-state index contributed by atoms with van der Waals surface area (Å²) in [6, 6.07) is 17.4. The molecule has 4 nitrogen and oxygen atoms in total. The topological polar surface area (TPSA) is 60.2 Å². The number of rotatable bonds is 4. The van der Waals surface area contributed by atoms with Gasteiger partial charge in [0.25, 0.3) is 0 Å². The predicted molar refractivity (Wildman–Crippen MR) is 82.8 cm³/mol. The van der Waals surface area contributed by atoms with Crippen molar-refractivity contribution in [3.05, 3.63) is 60.8 Å². The van der Waals surface area contributed by atoms with Gasteiger partial charge in [0, 0.05) is 0 Å². The van der Waals surface area contributed by atoms with E-state index in [0.717, 1.165) is 22.3 Å². The second-order valence-corrected chi connectivity index (χ2v) is 5.17. The molecule has 0 radical (unpaired) electrons. The van der Waals surface area contributed by atoms with Gasteiger partial charge in [-0.1, -0.05) is 41.7 Å². The first-order valence-electron chi connectivity index (χ1n) is 6.11. The standard InChI is InChI=1S/C15H13N3OS/c16-14-10-17-15(20-14)18-12-8-4-5-9-13(12)19-11-6-2-1-3-7-11/h1-10H,16H2,(H,17,18). The van der Waals surface area contributed by atoms with Crippen molar-refractivity contribution in [3.63, 3.8) is 0 Å². The molecule has 0 aliphatic carbocycles. The van der Waals surface area contributed by atoms with E-state index in [1.54, 1.807) is 6.20 Å². The molecule has 0 spiro atoms. The van der Waals surface area contributed by atoms with Gasteiger partial charge in [-0.2, -0.15) is 0 Å². The first-order valence-corrected chi connectivity index (χ1v) is 6.93. The maximum atomic E-state index is 5.87. The van der Waals surface area contributed by atoms with Crippen molar-refractivity contribution in [2.75, 3.05) is 11.1 Å². The fourth-order valence-electron chi connectivity index (χ4n) is 1.73. The van der Waals surface area contributed by atoms with Gasteiger partial charge in [-0.25, -0.2) is 4.98 Å². The number of nitrogens with one attached hydrogen (secondary N) is 1. The lowest BCUT2D eigenvalue weighted by Crippen LogP contribution is -1.93. The van der Waals surface area contributed by atoms with Crippen LogP contribution >= 0.6 is 11.3 Å². The quantitative estimate of drug-likeness (QED) is 0.751. The molecule has 3 rings (SSSR count). The van der Waals surface area contributed by atoms with E-state index in [-0.39, 0.29) is 0 Å². The molecule has 0 aliphatic heterocycles. The Morgan fingerprint density at radius 2 is 1.75 bits per heavy atom. The van der Waals surface area contributed by atoms with E-state index in [0.29, 0.717) is 5.00 Å². The Morgan fingerprint density at radius 3 is 2.50 bits per heavy atom. The summed E-state index contributed by atoms with van der Waals surface area (Å²) < 4.78 is 5.87. The van der Waals surface area contributed by atoms with Gasteiger partial charge in [-0.15, -0.1) is 0 Å². The number of nitrogen functional groups attached to an aromatic ring is 1. The molecule has 0 atom stereocenters. The number of aromatic nitrogens is 1. The minimum atomic E-state index is 0.675. The summed E-state index contributed by atoms with van der Waals surface area (Å²) >= 11 is 1.40. The van der Waals surface area contributed by atoms with Crippen LogP contribution in [0.15, 0.2) is 60.8 Å². The van der Waals surface area contributed by atoms with Gasteiger partial charge in [-0.05, 0) is 24.3 Å². The van der Waals surface area contributed by atoms with Crippen LogP contribution in [-0.2, 0) is 0 Å². The van der Waals surface area contributed by atoms with Crippen LogP contribution in [0.1, 0.15) is 0 Å². The molecule has 100 valence electrons. The lowest BCUT2D eigenvalue weighted by Gasteiger charge is -2.11. The maximum absolute atomic E-state index is 5.87. The molecule has 0 unspecified atom stereocenters. The molecule has 2 aromatic carbocycles. The lowest BCUT2D eigenvalue weighted by molar-refractivity contribution is 0.485. The molecule has 5 heteroatoms. The molecule has 1 aromatic heterocycles.